The van der Waals surface area contributed by atoms with Crippen molar-refractivity contribution in [1.82, 2.24) is 9.78 Å². The number of hydrogen-bond donors (Lipinski definition) is 0. The molecule has 0 saturated heterocycles. The van der Waals surface area contributed by atoms with E-state index in [1.165, 1.54) is 0 Å². The van der Waals surface area contributed by atoms with Gasteiger partial charge in [-0.2, -0.15) is 5.10 Å². The minimum absolute atomic E-state index is 0.637. The van der Waals surface area contributed by atoms with Gasteiger partial charge in [-0.15, -0.1) is 0 Å². The van der Waals surface area contributed by atoms with Gasteiger partial charge in [-0.25, -0.2) is 4.68 Å². The Morgan fingerprint density at radius 1 is 1.21 bits per heavy atom. The van der Waals surface area contributed by atoms with Crippen LogP contribution in [-0.2, 0) is 0 Å². The van der Waals surface area contributed by atoms with E-state index in [4.69, 9.17) is 23.2 Å². The molecule has 4 heteroatoms. The normalized spacial score (nSPS) is 10.5. The van der Waals surface area contributed by atoms with Crippen LogP contribution in [0.2, 0.25) is 10.0 Å². The monoisotopic (exact) mass is 226 g/mol. The molecule has 2 aromatic rings. The molecule has 2 nitrogen and oxygen atoms in total. The summed E-state index contributed by atoms with van der Waals surface area (Å²) in [6.07, 6.45) is 1.85. The molecule has 0 fully saturated rings. The molecule has 0 atom stereocenters. The van der Waals surface area contributed by atoms with Gasteiger partial charge in [-0.1, -0.05) is 23.2 Å². The molecule has 0 spiro atoms. The van der Waals surface area contributed by atoms with Crippen LogP contribution in [0.25, 0.3) is 5.69 Å². The maximum Gasteiger partial charge on any atom is 0.0846 e. The summed E-state index contributed by atoms with van der Waals surface area (Å²) in [7, 11) is 0. The Morgan fingerprint density at radius 2 is 2.00 bits per heavy atom. The van der Waals surface area contributed by atoms with E-state index in [1.54, 1.807) is 22.9 Å². The molecule has 0 amide bonds. The van der Waals surface area contributed by atoms with E-state index >= 15 is 0 Å². The second-order valence-corrected chi connectivity index (χ2v) is 3.84. The maximum absolute atomic E-state index is 6.02. The van der Waals surface area contributed by atoms with E-state index in [2.05, 4.69) is 5.10 Å². The molecular formula is C10H8Cl2N2. The van der Waals surface area contributed by atoms with Gasteiger partial charge in [0.1, 0.15) is 0 Å². The van der Waals surface area contributed by atoms with Crippen LogP contribution in [0.15, 0.2) is 30.5 Å². The molecule has 0 unspecified atom stereocenters. The first kappa shape index (κ1) is 9.56. The molecule has 0 N–H and O–H groups in total. The third kappa shape index (κ3) is 1.76. The minimum atomic E-state index is 0.637. The number of benzene rings is 1. The summed E-state index contributed by atoms with van der Waals surface area (Å²) >= 11 is 11.9. The third-order valence-corrected chi connectivity index (χ3v) is 2.43. The fourth-order valence-corrected chi connectivity index (χ4v) is 1.58. The van der Waals surface area contributed by atoms with Gasteiger partial charge in [-0.3, -0.25) is 0 Å². The topological polar surface area (TPSA) is 17.8 Å². The number of aryl methyl sites for hydroxylation is 1. The Kier molecular flexibility index (Phi) is 2.48. The Morgan fingerprint density at radius 3 is 2.64 bits per heavy atom. The van der Waals surface area contributed by atoms with Gasteiger partial charge in [0.2, 0.25) is 0 Å². The lowest BCUT2D eigenvalue weighted by Gasteiger charge is -2.04. The Balaban J connectivity index is 2.55. The van der Waals surface area contributed by atoms with Crippen molar-refractivity contribution < 1.29 is 0 Å². The van der Waals surface area contributed by atoms with Crippen molar-refractivity contribution >= 4 is 23.2 Å². The largest absolute Gasteiger partial charge is 0.239 e. The average molecular weight is 227 g/mol. The van der Waals surface area contributed by atoms with Gasteiger partial charge in [-0.05, 0) is 31.2 Å². The molecule has 0 aliphatic rings. The van der Waals surface area contributed by atoms with Crippen LogP contribution in [0.5, 0.6) is 0 Å². The summed E-state index contributed by atoms with van der Waals surface area (Å²) in [5.74, 6) is 0. The highest BCUT2D eigenvalue weighted by Gasteiger charge is 2.04. The van der Waals surface area contributed by atoms with Crippen LogP contribution >= 0.6 is 23.2 Å². The first-order chi connectivity index (χ1) is 6.66. The molecule has 0 aliphatic heterocycles. The molecule has 14 heavy (non-hydrogen) atoms. The number of rotatable bonds is 1. The van der Waals surface area contributed by atoms with Crippen molar-refractivity contribution in [2.75, 3.05) is 0 Å². The molecule has 2 rings (SSSR count). The lowest BCUT2D eigenvalue weighted by atomic mass is 10.3. The minimum Gasteiger partial charge on any atom is -0.239 e. The zero-order valence-electron chi connectivity index (χ0n) is 7.54. The van der Waals surface area contributed by atoms with Crippen molar-refractivity contribution in [3.8, 4) is 5.69 Å². The smallest absolute Gasteiger partial charge is 0.0846 e. The highest BCUT2D eigenvalue weighted by molar-refractivity contribution is 6.34. The highest BCUT2D eigenvalue weighted by atomic mass is 35.5. The van der Waals surface area contributed by atoms with E-state index in [9.17, 15) is 0 Å². The average Bonchev–Trinajstić information content (AvgIpc) is 2.56. The molecule has 1 aromatic carbocycles. The molecule has 0 bridgehead atoms. The number of hydrogen-bond acceptors (Lipinski definition) is 1. The molecule has 0 saturated carbocycles. The summed E-state index contributed by atoms with van der Waals surface area (Å²) in [6, 6.07) is 7.22. The molecule has 0 radical (unpaired) electrons. The van der Waals surface area contributed by atoms with Crippen LogP contribution in [0.4, 0.5) is 0 Å². The summed E-state index contributed by atoms with van der Waals surface area (Å²) in [6.45, 7) is 1.93. The summed E-state index contributed by atoms with van der Waals surface area (Å²) in [5, 5.41) is 5.54. The summed E-state index contributed by atoms with van der Waals surface area (Å²) in [4.78, 5) is 0. The van der Waals surface area contributed by atoms with E-state index in [0.717, 1.165) is 11.4 Å². The third-order valence-electron chi connectivity index (χ3n) is 1.88. The Bertz CT molecular complexity index is 463. The van der Waals surface area contributed by atoms with Crippen molar-refractivity contribution in [3.63, 3.8) is 0 Å². The van der Waals surface area contributed by atoms with Crippen molar-refractivity contribution in [3.05, 3.63) is 46.2 Å². The van der Waals surface area contributed by atoms with Crippen LogP contribution in [0, 0.1) is 6.92 Å². The van der Waals surface area contributed by atoms with E-state index in [0.29, 0.717) is 10.0 Å². The SMILES string of the molecule is Cc1ccn(-c2cc(Cl)ccc2Cl)n1. The van der Waals surface area contributed by atoms with Gasteiger partial charge in [0.05, 0.1) is 16.4 Å². The summed E-state index contributed by atoms with van der Waals surface area (Å²) in [5.41, 5.74) is 1.74. The molecule has 0 aliphatic carbocycles. The van der Waals surface area contributed by atoms with Crippen molar-refractivity contribution in [2.45, 2.75) is 6.92 Å². The van der Waals surface area contributed by atoms with Gasteiger partial charge < -0.3 is 0 Å². The van der Waals surface area contributed by atoms with Crippen LogP contribution in [0.1, 0.15) is 5.69 Å². The molecular weight excluding hydrogens is 219 g/mol. The Labute approximate surface area is 92.1 Å². The lowest BCUT2D eigenvalue weighted by Crippen LogP contribution is -1.95. The number of nitrogens with zero attached hydrogens (tertiary/aromatic N) is 2. The standard InChI is InChI=1S/C10H8Cl2N2/c1-7-4-5-14(13-7)10-6-8(11)2-3-9(10)12/h2-6H,1H3. The zero-order valence-corrected chi connectivity index (χ0v) is 9.05. The first-order valence-corrected chi connectivity index (χ1v) is 4.90. The number of aromatic nitrogens is 2. The van der Waals surface area contributed by atoms with Crippen LogP contribution < -0.4 is 0 Å². The Hall–Kier alpha value is -0.990. The molecule has 1 heterocycles. The summed E-state index contributed by atoms with van der Waals surface area (Å²) < 4.78 is 1.71. The first-order valence-electron chi connectivity index (χ1n) is 4.14. The molecule has 1 aromatic heterocycles. The van der Waals surface area contributed by atoms with Crippen LogP contribution in [0.3, 0.4) is 0 Å². The highest BCUT2D eigenvalue weighted by Crippen LogP contribution is 2.23. The quantitative estimate of drug-likeness (QED) is 0.729. The predicted octanol–water partition coefficient (Wildman–Crippen LogP) is 3.49. The lowest BCUT2D eigenvalue weighted by molar-refractivity contribution is 0.863. The second kappa shape index (κ2) is 3.64. The van der Waals surface area contributed by atoms with E-state index in [-0.39, 0.29) is 0 Å². The maximum atomic E-state index is 6.02. The van der Waals surface area contributed by atoms with Gasteiger partial charge in [0, 0.05) is 11.2 Å². The van der Waals surface area contributed by atoms with E-state index in [1.807, 2.05) is 19.2 Å². The fourth-order valence-electron chi connectivity index (χ4n) is 1.21. The van der Waals surface area contributed by atoms with Gasteiger partial charge >= 0.3 is 0 Å². The van der Waals surface area contributed by atoms with Crippen molar-refractivity contribution in [2.24, 2.45) is 0 Å². The van der Waals surface area contributed by atoms with Crippen LogP contribution in [-0.4, -0.2) is 9.78 Å². The zero-order chi connectivity index (χ0) is 10.1. The predicted molar refractivity (Wildman–Crippen MR) is 58.3 cm³/mol. The van der Waals surface area contributed by atoms with Crippen molar-refractivity contribution in [1.29, 1.82) is 0 Å². The van der Waals surface area contributed by atoms with Gasteiger partial charge in [0.25, 0.3) is 0 Å². The molecule has 72 valence electrons. The second-order valence-electron chi connectivity index (χ2n) is 3.00. The van der Waals surface area contributed by atoms with E-state index < -0.39 is 0 Å². The number of halogens is 2. The fraction of sp³-hybridized carbons (Fsp3) is 0.100. The van der Waals surface area contributed by atoms with Gasteiger partial charge in [0.15, 0.2) is 0 Å².